The largest absolute Gasteiger partial charge is 0.375 e. The Bertz CT molecular complexity index is 314. The highest BCUT2D eigenvalue weighted by atomic mass is 32.1. The predicted octanol–water partition coefficient (Wildman–Crippen LogP) is 2.59. The van der Waals surface area contributed by atoms with Gasteiger partial charge in [0.05, 0.1) is 5.69 Å². The van der Waals surface area contributed by atoms with Gasteiger partial charge in [-0.25, -0.2) is 4.98 Å². The average Bonchev–Trinajstić information content (AvgIpc) is 2.48. The normalized spacial score (nSPS) is 14.5. The molecule has 86 valence electrons. The second-order valence-electron chi connectivity index (χ2n) is 5.13. The lowest BCUT2D eigenvalue weighted by Gasteiger charge is -2.34. The molecule has 1 unspecified atom stereocenters. The minimum absolute atomic E-state index is 0.288. The molecule has 1 atom stereocenters. The summed E-state index contributed by atoms with van der Waals surface area (Å²) in [5.41, 5.74) is 6.96. The van der Waals surface area contributed by atoms with E-state index in [-0.39, 0.29) is 5.41 Å². The van der Waals surface area contributed by atoms with Gasteiger partial charge in [-0.1, -0.05) is 20.8 Å². The van der Waals surface area contributed by atoms with E-state index in [0.717, 1.165) is 12.2 Å². The van der Waals surface area contributed by atoms with Gasteiger partial charge in [-0.15, -0.1) is 11.3 Å². The number of nitrogen functional groups attached to an aromatic ring is 1. The molecule has 1 rings (SSSR count). The molecule has 0 aliphatic heterocycles. The maximum Gasteiger partial charge on any atom is 0.180 e. The van der Waals surface area contributed by atoms with Crippen molar-refractivity contribution in [2.75, 3.05) is 12.8 Å². The van der Waals surface area contributed by atoms with Gasteiger partial charge in [0.25, 0.3) is 0 Å². The number of rotatable bonds is 3. The van der Waals surface area contributed by atoms with Crippen molar-refractivity contribution >= 4 is 16.5 Å². The first kappa shape index (κ1) is 12.5. The van der Waals surface area contributed by atoms with Crippen LogP contribution in [0.2, 0.25) is 0 Å². The number of aromatic nitrogens is 1. The fourth-order valence-corrected chi connectivity index (χ4v) is 2.00. The van der Waals surface area contributed by atoms with Crippen LogP contribution in [0.25, 0.3) is 0 Å². The summed E-state index contributed by atoms with van der Waals surface area (Å²) in [7, 11) is 2.13. The van der Waals surface area contributed by atoms with Crippen molar-refractivity contribution in [3.63, 3.8) is 0 Å². The second kappa shape index (κ2) is 4.49. The lowest BCUT2D eigenvalue weighted by atomic mass is 9.87. The fourth-order valence-electron chi connectivity index (χ4n) is 1.45. The quantitative estimate of drug-likeness (QED) is 0.863. The molecular weight excluding hydrogens is 206 g/mol. The Balaban J connectivity index is 2.59. The number of nitrogens with two attached hydrogens (primary N) is 1. The second-order valence-corrected chi connectivity index (χ2v) is 6.02. The predicted molar refractivity (Wildman–Crippen MR) is 66.9 cm³/mol. The lowest BCUT2D eigenvalue weighted by Crippen LogP contribution is -2.38. The van der Waals surface area contributed by atoms with Crippen molar-refractivity contribution in [3.8, 4) is 0 Å². The van der Waals surface area contributed by atoms with E-state index in [2.05, 4.69) is 44.6 Å². The highest BCUT2D eigenvalue weighted by molar-refractivity contribution is 7.13. The van der Waals surface area contributed by atoms with Crippen LogP contribution < -0.4 is 5.73 Å². The molecule has 0 saturated heterocycles. The Labute approximate surface area is 96.3 Å². The monoisotopic (exact) mass is 227 g/mol. The summed E-state index contributed by atoms with van der Waals surface area (Å²) in [6.45, 7) is 9.87. The third kappa shape index (κ3) is 3.47. The minimum Gasteiger partial charge on any atom is -0.375 e. The van der Waals surface area contributed by atoms with Crippen LogP contribution in [0, 0.1) is 5.41 Å². The summed E-state index contributed by atoms with van der Waals surface area (Å²) in [6.07, 6.45) is 0. The van der Waals surface area contributed by atoms with Gasteiger partial charge in [0.2, 0.25) is 0 Å². The van der Waals surface area contributed by atoms with E-state index in [4.69, 9.17) is 5.73 Å². The van der Waals surface area contributed by atoms with Crippen molar-refractivity contribution < 1.29 is 0 Å². The number of thiazole rings is 1. The molecule has 0 spiro atoms. The molecule has 2 N–H and O–H groups in total. The van der Waals surface area contributed by atoms with Crippen LogP contribution in [-0.2, 0) is 6.54 Å². The zero-order chi connectivity index (χ0) is 11.6. The lowest BCUT2D eigenvalue weighted by molar-refractivity contribution is 0.133. The van der Waals surface area contributed by atoms with E-state index in [1.54, 1.807) is 0 Å². The van der Waals surface area contributed by atoms with Gasteiger partial charge >= 0.3 is 0 Å². The van der Waals surface area contributed by atoms with E-state index in [0.29, 0.717) is 11.2 Å². The molecular formula is C11H21N3S. The van der Waals surface area contributed by atoms with Crippen LogP contribution in [0.5, 0.6) is 0 Å². The van der Waals surface area contributed by atoms with Gasteiger partial charge in [-0.05, 0) is 19.4 Å². The summed E-state index contributed by atoms with van der Waals surface area (Å²) >= 11 is 1.51. The van der Waals surface area contributed by atoms with Crippen LogP contribution in [0.4, 0.5) is 5.13 Å². The van der Waals surface area contributed by atoms with Crippen molar-refractivity contribution in [2.24, 2.45) is 5.41 Å². The highest BCUT2D eigenvalue weighted by Crippen LogP contribution is 2.24. The molecule has 0 aliphatic rings. The van der Waals surface area contributed by atoms with Crippen LogP contribution in [0.15, 0.2) is 5.38 Å². The maximum atomic E-state index is 5.61. The van der Waals surface area contributed by atoms with Gasteiger partial charge in [0, 0.05) is 18.0 Å². The standard InChI is InChI=1S/C11H21N3S/c1-8(11(2,3)4)14(5)6-9-7-15-10(12)13-9/h7-8H,6H2,1-5H3,(H2,12,13). The molecule has 0 aromatic carbocycles. The van der Waals surface area contributed by atoms with Crippen molar-refractivity contribution in [1.82, 2.24) is 9.88 Å². The Hall–Kier alpha value is -0.610. The number of anilines is 1. The summed E-state index contributed by atoms with van der Waals surface area (Å²) < 4.78 is 0. The van der Waals surface area contributed by atoms with E-state index < -0.39 is 0 Å². The van der Waals surface area contributed by atoms with Gasteiger partial charge in [-0.2, -0.15) is 0 Å². The molecule has 0 fully saturated rings. The maximum absolute atomic E-state index is 5.61. The smallest absolute Gasteiger partial charge is 0.180 e. The molecule has 3 nitrogen and oxygen atoms in total. The van der Waals surface area contributed by atoms with E-state index in [1.807, 2.05) is 5.38 Å². The first-order valence-corrected chi connectivity index (χ1v) is 6.09. The zero-order valence-electron chi connectivity index (χ0n) is 10.2. The molecule has 0 aliphatic carbocycles. The average molecular weight is 227 g/mol. The molecule has 0 saturated carbocycles. The third-order valence-electron chi connectivity index (χ3n) is 2.90. The molecule has 1 aromatic rings. The first-order chi connectivity index (χ1) is 6.80. The van der Waals surface area contributed by atoms with E-state index >= 15 is 0 Å². The first-order valence-electron chi connectivity index (χ1n) is 5.21. The SMILES string of the molecule is CC(N(C)Cc1csc(N)n1)C(C)(C)C. The van der Waals surface area contributed by atoms with Crippen molar-refractivity contribution in [1.29, 1.82) is 0 Å². The van der Waals surface area contributed by atoms with Crippen molar-refractivity contribution in [3.05, 3.63) is 11.1 Å². The fraction of sp³-hybridized carbons (Fsp3) is 0.727. The van der Waals surface area contributed by atoms with Gasteiger partial charge in [0.15, 0.2) is 5.13 Å². The molecule has 0 radical (unpaired) electrons. The van der Waals surface area contributed by atoms with E-state index in [9.17, 15) is 0 Å². The molecule has 1 aromatic heterocycles. The summed E-state index contributed by atoms with van der Waals surface area (Å²) in [4.78, 5) is 6.58. The molecule has 0 amide bonds. The number of hydrogen-bond acceptors (Lipinski definition) is 4. The number of nitrogens with zero attached hydrogens (tertiary/aromatic N) is 2. The topological polar surface area (TPSA) is 42.1 Å². The van der Waals surface area contributed by atoms with Gasteiger partial charge < -0.3 is 5.73 Å². The van der Waals surface area contributed by atoms with Gasteiger partial charge in [-0.3, -0.25) is 4.90 Å². The summed E-state index contributed by atoms with van der Waals surface area (Å²) in [5.74, 6) is 0. The Morgan fingerprint density at radius 1 is 1.53 bits per heavy atom. The van der Waals surface area contributed by atoms with Crippen LogP contribution in [0.1, 0.15) is 33.4 Å². The molecule has 4 heteroatoms. The number of hydrogen-bond donors (Lipinski definition) is 1. The third-order valence-corrected chi connectivity index (χ3v) is 3.62. The summed E-state index contributed by atoms with van der Waals surface area (Å²) in [5, 5.41) is 2.68. The van der Waals surface area contributed by atoms with Crippen LogP contribution in [0.3, 0.4) is 0 Å². The Morgan fingerprint density at radius 2 is 2.13 bits per heavy atom. The Morgan fingerprint density at radius 3 is 2.53 bits per heavy atom. The molecule has 1 heterocycles. The van der Waals surface area contributed by atoms with Gasteiger partial charge in [0.1, 0.15) is 0 Å². The van der Waals surface area contributed by atoms with E-state index in [1.165, 1.54) is 11.3 Å². The zero-order valence-corrected chi connectivity index (χ0v) is 11.1. The molecule has 0 bridgehead atoms. The van der Waals surface area contributed by atoms with Crippen LogP contribution in [-0.4, -0.2) is 23.0 Å². The molecule has 15 heavy (non-hydrogen) atoms. The van der Waals surface area contributed by atoms with Crippen LogP contribution >= 0.6 is 11.3 Å². The minimum atomic E-state index is 0.288. The van der Waals surface area contributed by atoms with Crippen molar-refractivity contribution in [2.45, 2.75) is 40.3 Å². The highest BCUT2D eigenvalue weighted by Gasteiger charge is 2.24. The summed E-state index contributed by atoms with van der Waals surface area (Å²) in [6, 6.07) is 0.514. The Kier molecular flexibility index (Phi) is 3.73.